The van der Waals surface area contributed by atoms with E-state index in [-0.39, 0.29) is 0 Å². The average Bonchev–Trinajstić information content (AvgIpc) is 2.65. The number of sulfone groups is 1. The molecule has 0 aromatic rings. The molecule has 0 heterocycles. The minimum absolute atomic E-state index is 0.332. The summed E-state index contributed by atoms with van der Waals surface area (Å²) in [7, 11) is -3.43. The van der Waals surface area contributed by atoms with Gasteiger partial charge in [0.25, 0.3) is 0 Å². The van der Waals surface area contributed by atoms with Gasteiger partial charge in [0.2, 0.25) is 5.91 Å². The number of amides is 1. The first kappa shape index (κ1) is 14.8. The molecule has 1 N–H and O–H groups in total. The van der Waals surface area contributed by atoms with Crippen LogP contribution >= 0.6 is 11.6 Å². The number of hydrogen-bond acceptors (Lipinski definition) is 3. The van der Waals surface area contributed by atoms with Crippen molar-refractivity contribution < 1.29 is 13.2 Å². The van der Waals surface area contributed by atoms with Gasteiger partial charge in [0.1, 0.15) is 4.75 Å². The maximum Gasteiger partial charge on any atom is 0.241 e. The molecule has 0 aromatic carbocycles. The maximum atomic E-state index is 12.1. The summed E-state index contributed by atoms with van der Waals surface area (Å²) < 4.78 is 21.7. The van der Waals surface area contributed by atoms with Crippen molar-refractivity contribution in [3.63, 3.8) is 0 Å². The van der Waals surface area contributed by atoms with E-state index < -0.39 is 26.0 Å². The van der Waals surface area contributed by atoms with Gasteiger partial charge in [0.05, 0.1) is 5.54 Å². The van der Waals surface area contributed by atoms with Crippen LogP contribution in [-0.4, -0.2) is 36.7 Å². The van der Waals surface area contributed by atoms with Crippen molar-refractivity contribution in [2.45, 2.75) is 49.8 Å². The lowest BCUT2D eigenvalue weighted by atomic mass is 9.99. The summed E-state index contributed by atoms with van der Waals surface area (Å²) >= 11 is 5.91. The average molecular weight is 282 g/mol. The van der Waals surface area contributed by atoms with Crippen LogP contribution in [-0.2, 0) is 14.6 Å². The molecule has 0 radical (unpaired) electrons. The largest absolute Gasteiger partial charge is 0.348 e. The fraction of sp³-hybridized carbons (Fsp3) is 0.909. The van der Waals surface area contributed by atoms with E-state index in [0.29, 0.717) is 5.88 Å². The zero-order valence-corrected chi connectivity index (χ0v) is 12.1. The third-order valence-electron chi connectivity index (χ3n) is 3.67. The number of rotatable bonds is 4. The van der Waals surface area contributed by atoms with Crippen molar-refractivity contribution >= 4 is 27.3 Å². The van der Waals surface area contributed by atoms with Gasteiger partial charge in [-0.1, -0.05) is 12.8 Å². The maximum absolute atomic E-state index is 12.1. The number of alkyl halides is 1. The molecule has 1 rings (SSSR count). The second kappa shape index (κ2) is 4.76. The first-order valence-corrected chi connectivity index (χ1v) is 8.15. The topological polar surface area (TPSA) is 63.2 Å². The predicted octanol–water partition coefficient (Wildman–Crippen LogP) is 1.48. The van der Waals surface area contributed by atoms with Crippen molar-refractivity contribution in [2.75, 3.05) is 12.1 Å². The highest BCUT2D eigenvalue weighted by Crippen LogP contribution is 2.31. The van der Waals surface area contributed by atoms with Crippen LogP contribution in [0.3, 0.4) is 0 Å². The molecule has 6 heteroatoms. The van der Waals surface area contributed by atoms with Crippen molar-refractivity contribution in [2.24, 2.45) is 0 Å². The van der Waals surface area contributed by atoms with E-state index >= 15 is 0 Å². The molecule has 0 aromatic heterocycles. The Kier molecular flexibility index (Phi) is 4.14. The smallest absolute Gasteiger partial charge is 0.241 e. The van der Waals surface area contributed by atoms with E-state index in [0.717, 1.165) is 31.9 Å². The van der Waals surface area contributed by atoms with Crippen molar-refractivity contribution in [1.29, 1.82) is 0 Å². The molecule has 1 aliphatic rings. The summed E-state index contributed by atoms with van der Waals surface area (Å²) in [5.41, 5.74) is -0.416. The monoisotopic (exact) mass is 281 g/mol. The Morgan fingerprint density at radius 2 is 1.82 bits per heavy atom. The van der Waals surface area contributed by atoms with Gasteiger partial charge in [-0.15, -0.1) is 11.6 Å². The molecule has 4 nitrogen and oxygen atoms in total. The molecule has 0 bridgehead atoms. The van der Waals surface area contributed by atoms with Crippen LogP contribution in [0.15, 0.2) is 0 Å². The van der Waals surface area contributed by atoms with Crippen molar-refractivity contribution in [3.05, 3.63) is 0 Å². The summed E-state index contributed by atoms with van der Waals surface area (Å²) in [5, 5.41) is 2.84. The molecule has 1 saturated carbocycles. The van der Waals surface area contributed by atoms with Crippen LogP contribution in [0.1, 0.15) is 39.5 Å². The van der Waals surface area contributed by atoms with E-state index in [2.05, 4.69) is 5.32 Å². The Bertz CT molecular complexity index is 397. The lowest BCUT2D eigenvalue weighted by Crippen LogP contribution is -2.56. The molecular formula is C11H20ClNO3S. The standard InChI is InChI=1S/C11H20ClNO3S/c1-10(2,17(3,15)16)9(14)13-11(8-12)6-4-5-7-11/h4-8H2,1-3H3,(H,13,14). The van der Waals surface area contributed by atoms with E-state index in [4.69, 9.17) is 11.6 Å². The molecule has 17 heavy (non-hydrogen) atoms. The van der Waals surface area contributed by atoms with Gasteiger partial charge in [-0.2, -0.15) is 0 Å². The van der Waals surface area contributed by atoms with Crippen LogP contribution < -0.4 is 5.32 Å². The number of carbonyl (C=O) groups excluding carboxylic acids is 1. The third-order valence-corrected chi connectivity index (χ3v) is 6.22. The Balaban J connectivity index is 2.85. The highest BCUT2D eigenvalue weighted by Gasteiger charge is 2.43. The molecule has 1 aliphatic carbocycles. The van der Waals surface area contributed by atoms with Gasteiger partial charge < -0.3 is 5.32 Å². The Hall–Kier alpha value is -0.290. The van der Waals surface area contributed by atoms with Crippen LogP contribution in [0.25, 0.3) is 0 Å². The SMILES string of the molecule is CC(C)(C(=O)NC1(CCl)CCCC1)S(C)(=O)=O. The van der Waals surface area contributed by atoms with Gasteiger partial charge in [0, 0.05) is 12.1 Å². The molecule has 0 unspecified atom stereocenters. The van der Waals surface area contributed by atoms with Crippen LogP contribution in [0, 0.1) is 0 Å². The first-order chi connectivity index (χ1) is 7.65. The minimum atomic E-state index is -3.43. The third kappa shape index (κ3) is 2.94. The summed E-state index contributed by atoms with van der Waals surface area (Å²) in [6.07, 6.45) is 4.76. The normalized spacial score (nSPS) is 20.2. The Labute approximate surface area is 108 Å². The summed E-state index contributed by atoms with van der Waals surface area (Å²) in [6, 6.07) is 0. The van der Waals surface area contributed by atoms with Crippen LogP contribution in [0.4, 0.5) is 0 Å². The summed E-state index contributed by atoms with van der Waals surface area (Å²) in [5.74, 6) is -0.124. The molecular weight excluding hydrogens is 262 g/mol. The number of carbonyl (C=O) groups is 1. The molecule has 100 valence electrons. The fourth-order valence-electron chi connectivity index (χ4n) is 1.90. The second-order valence-corrected chi connectivity index (χ2v) is 8.19. The first-order valence-electron chi connectivity index (χ1n) is 5.73. The second-order valence-electron chi connectivity index (χ2n) is 5.36. The Morgan fingerprint density at radius 1 is 1.35 bits per heavy atom. The number of hydrogen-bond donors (Lipinski definition) is 1. The van der Waals surface area contributed by atoms with Crippen LogP contribution in [0.5, 0.6) is 0 Å². The summed E-state index contributed by atoms with van der Waals surface area (Å²) in [4.78, 5) is 12.1. The van der Waals surface area contributed by atoms with Gasteiger partial charge in [0.15, 0.2) is 9.84 Å². The lowest BCUT2D eigenvalue weighted by molar-refractivity contribution is -0.124. The zero-order chi connectivity index (χ0) is 13.3. The van der Waals surface area contributed by atoms with Gasteiger partial charge in [-0.25, -0.2) is 8.42 Å². The van der Waals surface area contributed by atoms with Crippen LogP contribution in [0.2, 0.25) is 0 Å². The van der Waals surface area contributed by atoms with Gasteiger partial charge >= 0.3 is 0 Å². The minimum Gasteiger partial charge on any atom is -0.348 e. The molecule has 0 aliphatic heterocycles. The van der Waals surface area contributed by atoms with Crippen molar-refractivity contribution in [3.8, 4) is 0 Å². The zero-order valence-electron chi connectivity index (χ0n) is 10.5. The quantitative estimate of drug-likeness (QED) is 0.794. The molecule has 0 saturated heterocycles. The van der Waals surface area contributed by atoms with E-state index in [1.54, 1.807) is 0 Å². The lowest BCUT2D eigenvalue weighted by Gasteiger charge is -2.32. The fourth-order valence-corrected chi connectivity index (χ4v) is 2.63. The number of halogens is 1. The number of nitrogens with one attached hydrogen (secondary N) is 1. The van der Waals surface area contributed by atoms with Gasteiger partial charge in [-0.3, -0.25) is 4.79 Å². The van der Waals surface area contributed by atoms with E-state index in [9.17, 15) is 13.2 Å². The summed E-state index contributed by atoms with van der Waals surface area (Å²) in [6.45, 7) is 2.85. The predicted molar refractivity (Wildman–Crippen MR) is 69.0 cm³/mol. The van der Waals surface area contributed by atoms with E-state index in [1.807, 2.05) is 0 Å². The molecule has 1 fully saturated rings. The molecule has 1 amide bonds. The van der Waals surface area contributed by atoms with Gasteiger partial charge in [-0.05, 0) is 26.7 Å². The highest BCUT2D eigenvalue weighted by atomic mass is 35.5. The Morgan fingerprint density at radius 3 is 2.18 bits per heavy atom. The molecule has 0 spiro atoms. The highest BCUT2D eigenvalue weighted by molar-refractivity contribution is 7.92. The molecule has 0 atom stereocenters. The van der Waals surface area contributed by atoms with Crippen molar-refractivity contribution in [1.82, 2.24) is 5.32 Å². The van der Waals surface area contributed by atoms with E-state index in [1.165, 1.54) is 13.8 Å².